The highest BCUT2D eigenvalue weighted by atomic mass is 35.5. The monoisotopic (exact) mass is 220 g/mol. The Balaban J connectivity index is 2.56. The van der Waals surface area contributed by atoms with E-state index < -0.39 is 0 Å². The average molecular weight is 221 g/mol. The van der Waals surface area contributed by atoms with Gasteiger partial charge in [-0.25, -0.2) is 0 Å². The molecule has 0 aliphatic rings. The van der Waals surface area contributed by atoms with E-state index in [4.69, 9.17) is 22.4 Å². The summed E-state index contributed by atoms with van der Waals surface area (Å²) in [5, 5.41) is 9.12. The van der Waals surface area contributed by atoms with Crippen molar-refractivity contribution in [2.45, 2.75) is 11.6 Å². The van der Waals surface area contributed by atoms with Gasteiger partial charge in [0.15, 0.2) is 5.16 Å². The summed E-state index contributed by atoms with van der Waals surface area (Å²) in [6.07, 6.45) is 0.688. The second-order valence-corrected chi connectivity index (χ2v) is 3.57. The maximum atomic E-state index is 8.54. The zero-order valence-electron chi connectivity index (χ0n) is 6.77. The van der Waals surface area contributed by atoms with E-state index in [0.717, 1.165) is 5.75 Å². The van der Waals surface area contributed by atoms with Gasteiger partial charge >= 0.3 is 0 Å². The van der Waals surface area contributed by atoms with Gasteiger partial charge in [-0.15, -0.1) is 0 Å². The summed E-state index contributed by atoms with van der Waals surface area (Å²) >= 11 is 6.94. The maximum absolute atomic E-state index is 8.54. The zero-order valence-corrected chi connectivity index (χ0v) is 8.35. The van der Waals surface area contributed by atoms with Crippen LogP contribution in [0.4, 0.5) is 5.95 Å². The first-order valence-electron chi connectivity index (χ1n) is 3.63. The van der Waals surface area contributed by atoms with Gasteiger partial charge in [-0.2, -0.15) is 15.0 Å². The molecule has 0 radical (unpaired) electrons. The van der Waals surface area contributed by atoms with Crippen molar-refractivity contribution in [3.63, 3.8) is 0 Å². The molecule has 72 valence electrons. The lowest BCUT2D eigenvalue weighted by Gasteiger charge is -1.99. The normalized spacial score (nSPS) is 10.3. The third-order valence-electron chi connectivity index (χ3n) is 1.14. The number of nitrogens with zero attached hydrogens (tertiary/aromatic N) is 3. The molecule has 1 aromatic heterocycles. The fourth-order valence-electron chi connectivity index (χ4n) is 0.639. The molecule has 3 N–H and O–H groups in total. The van der Waals surface area contributed by atoms with Gasteiger partial charge in [0.1, 0.15) is 0 Å². The van der Waals surface area contributed by atoms with E-state index in [-0.39, 0.29) is 17.8 Å². The first-order valence-corrected chi connectivity index (χ1v) is 4.99. The standard InChI is InChI=1S/C6H9ClN4OS/c7-4-9-5(8)11-6(10-4)13-3-1-2-12/h12H,1-3H2,(H2,8,9,10,11). The SMILES string of the molecule is Nc1nc(Cl)nc(SCCCO)n1. The number of rotatable bonds is 4. The minimum absolute atomic E-state index is 0.0963. The second-order valence-electron chi connectivity index (χ2n) is 2.17. The number of hydrogen-bond acceptors (Lipinski definition) is 6. The fraction of sp³-hybridized carbons (Fsp3) is 0.500. The van der Waals surface area contributed by atoms with Crippen LogP contribution in [0.25, 0.3) is 0 Å². The number of nitrogens with two attached hydrogens (primary N) is 1. The van der Waals surface area contributed by atoms with Crippen LogP contribution >= 0.6 is 23.4 Å². The van der Waals surface area contributed by atoms with Gasteiger partial charge in [-0.05, 0) is 18.0 Å². The number of aromatic nitrogens is 3. The highest BCUT2D eigenvalue weighted by Crippen LogP contribution is 2.15. The number of anilines is 1. The van der Waals surface area contributed by atoms with Crippen LogP contribution in [0, 0.1) is 0 Å². The first-order chi connectivity index (χ1) is 6.22. The highest BCUT2D eigenvalue weighted by molar-refractivity contribution is 7.99. The molecule has 0 bridgehead atoms. The van der Waals surface area contributed by atoms with Gasteiger partial charge in [0, 0.05) is 12.4 Å². The smallest absolute Gasteiger partial charge is 0.228 e. The fourth-order valence-corrected chi connectivity index (χ4v) is 1.62. The van der Waals surface area contributed by atoms with E-state index in [2.05, 4.69) is 15.0 Å². The Kier molecular flexibility index (Phi) is 4.20. The van der Waals surface area contributed by atoms with Crippen LogP contribution in [0.2, 0.25) is 5.28 Å². The van der Waals surface area contributed by atoms with Gasteiger partial charge in [0.2, 0.25) is 11.2 Å². The first kappa shape index (κ1) is 10.5. The van der Waals surface area contributed by atoms with Gasteiger partial charge in [-0.1, -0.05) is 11.8 Å². The molecule has 13 heavy (non-hydrogen) atoms. The lowest BCUT2D eigenvalue weighted by atomic mass is 10.5. The average Bonchev–Trinajstić information content (AvgIpc) is 2.03. The molecule has 0 unspecified atom stereocenters. The number of thioether (sulfide) groups is 1. The van der Waals surface area contributed by atoms with Crippen molar-refractivity contribution in [1.29, 1.82) is 0 Å². The van der Waals surface area contributed by atoms with Crippen LogP contribution < -0.4 is 5.73 Å². The molecule has 0 aliphatic carbocycles. The van der Waals surface area contributed by atoms with Gasteiger partial charge in [0.25, 0.3) is 0 Å². The van der Waals surface area contributed by atoms with Crippen molar-refractivity contribution in [3.8, 4) is 0 Å². The zero-order chi connectivity index (χ0) is 9.68. The molecule has 0 saturated carbocycles. The topological polar surface area (TPSA) is 84.9 Å². The Labute approximate surface area is 84.7 Å². The molecule has 1 rings (SSSR count). The van der Waals surface area contributed by atoms with Crippen LogP contribution in [0.5, 0.6) is 0 Å². The molecule has 5 nitrogen and oxygen atoms in total. The Morgan fingerprint density at radius 3 is 2.77 bits per heavy atom. The van der Waals surface area contributed by atoms with Crippen molar-refractivity contribution in [3.05, 3.63) is 5.28 Å². The summed E-state index contributed by atoms with van der Waals surface area (Å²) in [6.45, 7) is 0.154. The summed E-state index contributed by atoms with van der Waals surface area (Å²) in [7, 11) is 0. The summed E-state index contributed by atoms with van der Waals surface area (Å²) in [5.74, 6) is 0.850. The van der Waals surface area contributed by atoms with Crippen LogP contribution in [0.15, 0.2) is 5.16 Å². The predicted octanol–water partition coefficient (Wildman–Crippen LogP) is 0.582. The molecule has 7 heteroatoms. The quantitative estimate of drug-likeness (QED) is 0.571. The molecule has 1 heterocycles. The second kappa shape index (κ2) is 5.21. The lowest BCUT2D eigenvalue weighted by molar-refractivity contribution is 0.296. The van der Waals surface area contributed by atoms with Crippen molar-refractivity contribution in [2.24, 2.45) is 0 Å². The summed E-state index contributed by atoms with van der Waals surface area (Å²) in [6, 6.07) is 0. The molecule has 0 aromatic carbocycles. The van der Waals surface area contributed by atoms with Crippen LogP contribution in [0.1, 0.15) is 6.42 Å². The van der Waals surface area contributed by atoms with E-state index in [1.54, 1.807) is 0 Å². The number of nitrogen functional groups attached to an aromatic ring is 1. The van der Waals surface area contributed by atoms with Crippen LogP contribution in [0.3, 0.4) is 0 Å². The van der Waals surface area contributed by atoms with E-state index in [0.29, 0.717) is 11.6 Å². The largest absolute Gasteiger partial charge is 0.396 e. The van der Waals surface area contributed by atoms with E-state index in [1.807, 2.05) is 0 Å². The summed E-state index contributed by atoms with van der Waals surface area (Å²) in [5.41, 5.74) is 5.35. The van der Waals surface area contributed by atoms with Crippen molar-refractivity contribution in [1.82, 2.24) is 15.0 Å². The molecular weight excluding hydrogens is 212 g/mol. The van der Waals surface area contributed by atoms with Crippen molar-refractivity contribution >= 4 is 29.3 Å². The third kappa shape index (κ3) is 3.75. The Morgan fingerprint density at radius 1 is 1.38 bits per heavy atom. The molecular formula is C6H9ClN4OS. The van der Waals surface area contributed by atoms with Crippen molar-refractivity contribution < 1.29 is 5.11 Å². The maximum Gasteiger partial charge on any atom is 0.228 e. The Hall–Kier alpha value is -0.590. The molecule has 0 amide bonds. The summed E-state index contributed by atoms with van der Waals surface area (Å²) < 4.78 is 0. The van der Waals surface area contributed by atoms with Crippen molar-refractivity contribution in [2.75, 3.05) is 18.1 Å². The number of halogens is 1. The molecule has 0 aliphatic heterocycles. The Morgan fingerprint density at radius 2 is 2.15 bits per heavy atom. The van der Waals surface area contributed by atoms with Crippen LogP contribution in [-0.2, 0) is 0 Å². The third-order valence-corrected chi connectivity index (χ3v) is 2.24. The molecule has 0 spiro atoms. The number of hydrogen-bond donors (Lipinski definition) is 2. The minimum atomic E-state index is 0.0963. The lowest BCUT2D eigenvalue weighted by Crippen LogP contribution is -1.99. The van der Waals surface area contributed by atoms with E-state index >= 15 is 0 Å². The molecule has 0 fully saturated rings. The highest BCUT2D eigenvalue weighted by Gasteiger charge is 2.02. The predicted molar refractivity (Wildman–Crippen MR) is 51.7 cm³/mol. The minimum Gasteiger partial charge on any atom is -0.396 e. The Bertz CT molecular complexity index is 265. The molecule has 0 saturated heterocycles. The van der Waals surface area contributed by atoms with Gasteiger partial charge in [0.05, 0.1) is 0 Å². The molecule has 0 atom stereocenters. The van der Waals surface area contributed by atoms with E-state index in [1.165, 1.54) is 11.8 Å². The van der Waals surface area contributed by atoms with Crippen LogP contribution in [-0.4, -0.2) is 32.4 Å². The number of aliphatic hydroxyl groups is 1. The summed E-state index contributed by atoms with van der Waals surface area (Å²) in [4.78, 5) is 11.3. The van der Waals surface area contributed by atoms with Gasteiger partial charge in [-0.3, -0.25) is 0 Å². The number of aliphatic hydroxyl groups excluding tert-OH is 1. The molecule has 1 aromatic rings. The van der Waals surface area contributed by atoms with E-state index in [9.17, 15) is 0 Å². The van der Waals surface area contributed by atoms with Gasteiger partial charge < -0.3 is 10.8 Å².